The molecule has 3 unspecified atom stereocenters. The molecule has 2 heterocycles. The maximum atomic E-state index is 13.3. The van der Waals surface area contributed by atoms with Crippen molar-refractivity contribution in [1.29, 1.82) is 0 Å². The van der Waals surface area contributed by atoms with Crippen molar-refractivity contribution in [2.75, 3.05) is 20.3 Å². The summed E-state index contributed by atoms with van der Waals surface area (Å²) in [5.41, 5.74) is 0.621. The molecule has 6 nitrogen and oxygen atoms in total. The first-order valence-electron chi connectivity index (χ1n) is 9.58. The number of hydrogen-bond acceptors (Lipinski definition) is 5. The van der Waals surface area contributed by atoms with E-state index in [-0.39, 0.29) is 18.6 Å². The zero-order valence-corrected chi connectivity index (χ0v) is 17.3. The molecular formula is C19H25ClF3N3O3. The summed E-state index contributed by atoms with van der Waals surface area (Å²) in [6.07, 6.45) is -2.77. The van der Waals surface area contributed by atoms with Crippen molar-refractivity contribution in [1.82, 2.24) is 10.3 Å². The molecule has 162 valence electrons. The summed E-state index contributed by atoms with van der Waals surface area (Å²) < 4.78 is 50.8. The zero-order valence-electron chi connectivity index (χ0n) is 16.6. The van der Waals surface area contributed by atoms with E-state index in [1.165, 1.54) is 7.11 Å². The number of ether oxygens (including phenoxy) is 2. The molecule has 2 aliphatic heterocycles. The highest BCUT2D eigenvalue weighted by Crippen LogP contribution is 2.37. The lowest BCUT2D eigenvalue weighted by molar-refractivity contribution is -0.130. The summed E-state index contributed by atoms with van der Waals surface area (Å²) in [4.78, 5) is 12.6. The first-order chi connectivity index (χ1) is 13.6. The Hall–Kier alpha value is -1.58. The monoisotopic (exact) mass is 435 g/mol. The van der Waals surface area contributed by atoms with Crippen molar-refractivity contribution in [3.63, 3.8) is 0 Å². The molecule has 0 aromatic rings. The number of halogens is 4. The van der Waals surface area contributed by atoms with Gasteiger partial charge in [0.25, 0.3) is 0 Å². The van der Waals surface area contributed by atoms with E-state index in [9.17, 15) is 18.0 Å². The first kappa shape index (κ1) is 22.1. The Morgan fingerprint density at radius 2 is 2.21 bits per heavy atom. The van der Waals surface area contributed by atoms with Crippen LogP contribution in [-0.2, 0) is 14.3 Å². The van der Waals surface area contributed by atoms with Gasteiger partial charge in [0.2, 0.25) is 5.91 Å². The lowest BCUT2D eigenvalue weighted by Crippen LogP contribution is -2.45. The molecule has 0 aromatic carbocycles. The molecule has 10 heteroatoms. The average Bonchev–Trinajstić information content (AvgIpc) is 3.00. The van der Waals surface area contributed by atoms with Crippen molar-refractivity contribution in [2.45, 2.75) is 51.6 Å². The van der Waals surface area contributed by atoms with Crippen molar-refractivity contribution in [3.05, 3.63) is 22.4 Å². The van der Waals surface area contributed by atoms with E-state index in [4.69, 9.17) is 21.1 Å². The van der Waals surface area contributed by atoms with Crippen LogP contribution >= 0.6 is 11.6 Å². The Morgan fingerprint density at radius 3 is 2.83 bits per heavy atom. The highest BCUT2D eigenvalue weighted by Gasteiger charge is 2.51. The second-order valence-corrected chi connectivity index (χ2v) is 8.10. The van der Waals surface area contributed by atoms with Gasteiger partial charge in [0.1, 0.15) is 18.4 Å². The van der Waals surface area contributed by atoms with Crippen LogP contribution in [0.25, 0.3) is 0 Å². The van der Waals surface area contributed by atoms with Crippen LogP contribution in [-0.4, -0.2) is 55.4 Å². The average molecular weight is 436 g/mol. The van der Waals surface area contributed by atoms with Crippen LogP contribution in [0.15, 0.2) is 27.5 Å². The number of allylic oxidation sites excluding steroid dienone is 2. The summed E-state index contributed by atoms with van der Waals surface area (Å²) in [7, 11) is 1.53. The number of hydrogen-bond donors (Lipinski definition) is 1. The Bertz CT molecular complexity index is 749. The standard InChI is InChI=1S/C19H25ClF3N3O3/c1-10(2)12-7-15(28-3)14(8-13(12)20)24-16(27)9-26-18-11(5-4-6-29-18)17(25-26)19(21,22)23/h8,10-11,15,18H,4-7,9H2,1-3H3,(H,24,27). The topological polar surface area (TPSA) is 63.2 Å². The van der Waals surface area contributed by atoms with Gasteiger partial charge in [-0.2, -0.15) is 18.3 Å². The summed E-state index contributed by atoms with van der Waals surface area (Å²) in [6, 6.07) is 0. The van der Waals surface area contributed by atoms with E-state index in [2.05, 4.69) is 10.4 Å². The van der Waals surface area contributed by atoms with Crippen LogP contribution < -0.4 is 5.32 Å². The van der Waals surface area contributed by atoms with Gasteiger partial charge in [-0.05, 0) is 30.4 Å². The highest BCUT2D eigenvalue weighted by molar-refractivity contribution is 6.31. The minimum atomic E-state index is -4.55. The minimum absolute atomic E-state index is 0.230. The summed E-state index contributed by atoms with van der Waals surface area (Å²) in [5.74, 6) is -1.15. The van der Waals surface area contributed by atoms with Gasteiger partial charge in [-0.25, -0.2) is 0 Å². The fraction of sp³-hybridized carbons (Fsp3) is 0.684. The van der Waals surface area contributed by atoms with E-state index in [1.54, 1.807) is 6.08 Å². The molecule has 3 rings (SSSR count). The SMILES string of the molecule is COC1CC(C(C)C)=C(Cl)C=C1NC(=O)CN1N=C(C(F)(F)F)C2CCCOC21. The lowest BCUT2D eigenvalue weighted by atomic mass is 9.91. The number of methoxy groups -OCH3 is 1. The molecule has 1 N–H and O–H groups in total. The number of fused-ring (bicyclic) bond motifs is 1. The van der Waals surface area contributed by atoms with E-state index in [0.29, 0.717) is 36.6 Å². The second-order valence-electron chi connectivity index (χ2n) is 7.69. The van der Waals surface area contributed by atoms with Crippen LogP contribution in [0.1, 0.15) is 33.1 Å². The fourth-order valence-corrected chi connectivity index (χ4v) is 4.32. The number of alkyl halides is 3. The van der Waals surface area contributed by atoms with Crippen molar-refractivity contribution < 1.29 is 27.4 Å². The molecule has 0 radical (unpaired) electrons. The van der Waals surface area contributed by atoms with Crippen LogP contribution in [0.2, 0.25) is 0 Å². The van der Waals surface area contributed by atoms with Crippen LogP contribution in [0.5, 0.6) is 0 Å². The summed E-state index contributed by atoms with van der Waals surface area (Å²) in [6.45, 7) is 4.03. The Balaban J connectivity index is 1.73. The molecular weight excluding hydrogens is 411 g/mol. The van der Waals surface area contributed by atoms with E-state index < -0.39 is 29.9 Å². The number of rotatable bonds is 5. The minimum Gasteiger partial charge on any atom is -0.375 e. The molecule has 1 fully saturated rings. The molecule has 3 atom stereocenters. The van der Waals surface area contributed by atoms with Gasteiger partial charge in [-0.15, -0.1) is 0 Å². The van der Waals surface area contributed by atoms with E-state index in [1.807, 2.05) is 13.8 Å². The Morgan fingerprint density at radius 1 is 1.48 bits per heavy atom. The maximum absolute atomic E-state index is 13.3. The highest BCUT2D eigenvalue weighted by atomic mass is 35.5. The number of hydrazone groups is 1. The second kappa shape index (κ2) is 8.65. The maximum Gasteiger partial charge on any atom is 0.431 e. The van der Waals surface area contributed by atoms with E-state index >= 15 is 0 Å². The quantitative estimate of drug-likeness (QED) is 0.717. The molecule has 29 heavy (non-hydrogen) atoms. The predicted octanol–water partition coefficient (Wildman–Crippen LogP) is 3.54. The van der Waals surface area contributed by atoms with Crippen molar-refractivity contribution >= 4 is 23.2 Å². The number of amides is 1. The predicted molar refractivity (Wildman–Crippen MR) is 102 cm³/mol. The molecule has 1 aliphatic carbocycles. The Kier molecular flexibility index (Phi) is 6.60. The van der Waals surface area contributed by atoms with Crippen LogP contribution in [0.3, 0.4) is 0 Å². The van der Waals surface area contributed by atoms with Crippen molar-refractivity contribution in [3.8, 4) is 0 Å². The largest absolute Gasteiger partial charge is 0.431 e. The first-order valence-corrected chi connectivity index (χ1v) is 9.96. The van der Waals surface area contributed by atoms with Crippen molar-refractivity contribution in [2.24, 2.45) is 16.9 Å². The van der Waals surface area contributed by atoms with Gasteiger partial charge in [-0.3, -0.25) is 9.80 Å². The summed E-state index contributed by atoms with van der Waals surface area (Å²) >= 11 is 6.33. The van der Waals surface area contributed by atoms with Gasteiger partial charge in [0, 0.05) is 30.9 Å². The van der Waals surface area contributed by atoms with Gasteiger partial charge >= 0.3 is 6.18 Å². The zero-order chi connectivity index (χ0) is 21.3. The number of carbonyl (C=O) groups excluding carboxylic acids is 1. The third-order valence-electron chi connectivity index (χ3n) is 5.38. The van der Waals surface area contributed by atoms with Crippen LogP contribution in [0, 0.1) is 11.8 Å². The summed E-state index contributed by atoms with van der Waals surface area (Å²) in [5, 5.41) is 8.02. The third-order valence-corrected chi connectivity index (χ3v) is 5.73. The lowest BCUT2D eigenvalue weighted by Gasteiger charge is -2.32. The smallest absolute Gasteiger partial charge is 0.375 e. The fourth-order valence-electron chi connectivity index (χ4n) is 3.91. The Labute approximate surface area is 172 Å². The molecule has 3 aliphatic rings. The molecule has 1 amide bonds. The van der Waals surface area contributed by atoms with Gasteiger partial charge in [0.05, 0.1) is 5.92 Å². The van der Waals surface area contributed by atoms with Crippen LogP contribution in [0.4, 0.5) is 13.2 Å². The molecule has 0 aromatic heterocycles. The number of nitrogens with one attached hydrogen (secondary N) is 1. The van der Waals surface area contributed by atoms with E-state index in [0.717, 1.165) is 10.6 Å². The molecule has 0 bridgehead atoms. The number of carbonyl (C=O) groups is 1. The van der Waals surface area contributed by atoms with Gasteiger partial charge in [0.15, 0.2) is 6.23 Å². The molecule has 0 saturated carbocycles. The third kappa shape index (κ3) is 4.78. The van der Waals surface area contributed by atoms with Gasteiger partial charge < -0.3 is 14.8 Å². The normalized spacial score (nSPS) is 27.7. The number of nitrogens with zero attached hydrogens (tertiary/aromatic N) is 2. The molecule has 0 spiro atoms. The molecule has 1 saturated heterocycles. The van der Waals surface area contributed by atoms with Gasteiger partial charge in [-0.1, -0.05) is 25.4 Å².